The number of hydrogen-bond donors (Lipinski definition) is 2. The van der Waals surface area contributed by atoms with Gasteiger partial charge in [-0.2, -0.15) is 0 Å². The molecule has 0 saturated carbocycles. The zero-order chi connectivity index (χ0) is 15.0. The Balaban J connectivity index is 1.93. The minimum atomic E-state index is -0.652. The Bertz CT molecular complexity index is 590. The van der Waals surface area contributed by atoms with Crippen LogP contribution in [0.2, 0.25) is 0 Å². The highest BCUT2D eigenvalue weighted by molar-refractivity contribution is 5.94. The highest BCUT2D eigenvalue weighted by Crippen LogP contribution is 2.32. The average molecular weight is 290 g/mol. The normalized spacial score (nSPS) is 24.7. The number of primary amides is 1. The maximum Gasteiger partial charge on any atom is 0.293 e. The fourth-order valence-corrected chi connectivity index (χ4v) is 3.25. The molecule has 2 heterocycles. The Hall–Kier alpha value is -2.15. The predicted molar refractivity (Wildman–Crippen MR) is 78.4 cm³/mol. The number of hydrogen-bond acceptors (Lipinski definition) is 5. The zero-order valence-electron chi connectivity index (χ0n) is 11.6. The molecule has 2 atom stereocenters. The summed E-state index contributed by atoms with van der Waals surface area (Å²) < 4.78 is 0. The van der Waals surface area contributed by atoms with Gasteiger partial charge in [-0.3, -0.25) is 14.9 Å². The van der Waals surface area contributed by atoms with E-state index >= 15 is 0 Å². The lowest BCUT2D eigenvalue weighted by Gasteiger charge is -2.26. The first kappa shape index (κ1) is 13.8. The van der Waals surface area contributed by atoms with Gasteiger partial charge in [0.15, 0.2) is 0 Å². The number of anilines is 1. The smallest absolute Gasteiger partial charge is 0.293 e. The number of nitro benzene ring substituents is 1. The Kier molecular flexibility index (Phi) is 3.50. The van der Waals surface area contributed by atoms with Crippen LogP contribution in [-0.2, 0) is 0 Å². The molecular weight excluding hydrogens is 272 g/mol. The molecule has 1 aromatic rings. The maximum atomic E-state index is 11.3. The topological polar surface area (TPSA) is 102 Å². The van der Waals surface area contributed by atoms with Crippen LogP contribution in [0.15, 0.2) is 18.2 Å². The van der Waals surface area contributed by atoms with E-state index in [1.54, 1.807) is 12.1 Å². The number of fused-ring (bicyclic) bond motifs is 2. The first-order chi connectivity index (χ1) is 10.0. The van der Waals surface area contributed by atoms with E-state index in [0.717, 1.165) is 25.9 Å². The predicted octanol–water partition coefficient (Wildman–Crippen LogP) is 1.02. The molecule has 2 aliphatic rings. The summed E-state index contributed by atoms with van der Waals surface area (Å²) in [5.74, 6) is -0.652. The summed E-state index contributed by atoms with van der Waals surface area (Å²) >= 11 is 0. The second-order valence-electron chi connectivity index (χ2n) is 5.70. The third-order valence-electron chi connectivity index (χ3n) is 4.32. The maximum absolute atomic E-state index is 11.3. The van der Waals surface area contributed by atoms with Crippen molar-refractivity contribution in [2.45, 2.75) is 31.3 Å². The third-order valence-corrected chi connectivity index (χ3v) is 4.32. The van der Waals surface area contributed by atoms with Crippen LogP contribution in [-0.4, -0.2) is 36.0 Å². The van der Waals surface area contributed by atoms with E-state index in [9.17, 15) is 14.9 Å². The molecule has 1 aromatic carbocycles. The number of nitrogens with one attached hydrogen (secondary N) is 1. The lowest BCUT2D eigenvalue weighted by Crippen LogP contribution is -2.35. The second-order valence-corrected chi connectivity index (χ2v) is 5.70. The molecule has 21 heavy (non-hydrogen) atoms. The first-order valence-electron chi connectivity index (χ1n) is 7.14. The Labute approximate surface area is 122 Å². The minimum Gasteiger partial charge on any atom is -0.366 e. The molecule has 7 nitrogen and oxygen atoms in total. The Morgan fingerprint density at radius 2 is 2.10 bits per heavy atom. The number of nitrogens with zero attached hydrogens (tertiary/aromatic N) is 2. The van der Waals surface area contributed by atoms with Crippen molar-refractivity contribution in [1.82, 2.24) is 5.32 Å². The molecular formula is C14H18N4O3. The zero-order valence-corrected chi connectivity index (χ0v) is 11.6. The van der Waals surface area contributed by atoms with E-state index in [1.807, 2.05) is 4.90 Å². The van der Waals surface area contributed by atoms with Gasteiger partial charge in [-0.25, -0.2) is 0 Å². The van der Waals surface area contributed by atoms with Gasteiger partial charge in [-0.05, 0) is 31.4 Å². The quantitative estimate of drug-likeness (QED) is 0.639. The van der Waals surface area contributed by atoms with E-state index in [4.69, 9.17) is 5.73 Å². The van der Waals surface area contributed by atoms with Gasteiger partial charge in [0.05, 0.1) is 4.92 Å². The highest BCUT2D eigenvalue weighted by atomic mass is 16.6. The van der Waals surface area contributed by atoms with Gasteiger partial charge in [-0.1, -0.05) is 0 Å². The molecule has 2 saturated heterocycles. The van der Waals surface area contributed by atoms with Crippen molar-refractivity contribution in [3.63, 3.8) is 0 Å². The molecule has 0 radical (unpaired) electrons. The van der Waals surface area contributed by atoms with Gasteiger partial charge in [0.1, 0.15) is 5.69 Å². The first-order valence-corrected chi connectivity index (χ1v) is 7.14. The van der Waals surface area contributed by atoms with E-state index in [0.29, 0.717) is 17.8 Å². The SMILES string of the molecule is NC(=O)c1ccc(N2CCC3CCC(C2)N3)c([N+](=O)[O-])c1. The summed E-state index contributed by atoms with van der Waals surface area (Å²) in [5, 5.41) is 14.8. The van der Waals surface area contributed by atoms with E-state index < -0.39 is 10.8 Å². The van der Waals surface area contributed by atoms with Crippen molar-refractivity contribution < 1.29 is 9.72 Å². The lowest BCUT2D eigenvalue weighted by atomic mass is 10.1. The summed E-state index contributed by atoms with van der Waals surface area (Å²) in [4.78, 5) is 24.1. The molecule has 2 fully saturated rings. The van der Waals surface area contributed by atoms with Crippen LogP contribution < -0.4 is 16.0 Å². The number of nitro groups is 1. The molecule has 3 N–H and O–H groups in total. The molecule has 7 heteroatoms. The molecule has 0 aromatic heterocycles. The summed E-state index contributed by atoms with van der Waals surface area (Å²) in [6, 6.07) is 5.36. The average Bonchev–Trinajstić information content (AvgIpc) is 2.77. The van der Waals surface area contributed by atoms with Crippen molar-refractivity contribution in [3.05, 3.63) is 33.9 Å². The van der Waals surface area contributed by atoms with Crippen LogP contribution >= 0.6 is 0 Å². The van der Waals surface area contributed by atoms with Gasteiger partial charge in [-0.15, -0.1) is 0 Å². The van der Waals surface area contributed by atoms with Gasteiger partial charge < -0.3 is 16.0 Å². The van der Waals surface area contributed by atoms with Gasteiger partial charge >= 0.3 is 0 Å². The molecule has 2 aliphatic heterocycles. The molecule has 2 bridgehead atoms. The van der Waals surface area contributed by atoms with Crippen LogP contribution in [0.1, 0.15) is 29.6 Å². The van der Waals surface area contributed by atoms with Crippen LogP contribution in [0.4, 0.5) is 11.4 Å². The number of carbonyl (C=O) groups excluding carboxylic acids is 1. The number of amides is 1. The summed E-state index contributed by atoms with van der Waals surface area (Å²) in [6.07, 6.45) is 3.26. The summed E-state index contributed by atoms with van der Waals surface area (Å²) in [5.41, 5.74) is 5.88. The van der Waals surface area contributed by atoms with Crippen molar-refractivity contribution in [3.8, 4) is 0 Å². The molecule has 112 valence electrons. The van der Waals surface area contributed by atoms with Crippen LogP contribution in [0.3, 0.4) is 0 Å². The Morgan fingerprint density at radius 3 is 2.81 bits per heavy atom. The van der Waals surface area contributed by atoms with Crippen molar-refractivity contribution >= 4 is 17.3 Å². The summed E-state index contributed by atoms with van der Waals surface area (Å²) in [7, 11) is 0. The largest absolute Gasteiger partial charge is 0.366 e. The molecule has 0 spiro atoms. The molecule has 3 rings (SSSR count). The lowest BCUT2D eigenvalue weighted by molar-refractivity contribution is -0.384. The highest BCUT2D eigenvalue weighted by Gasteiger charge is 2.31. The fraction of sp³-hybridized carbons (Fsp3) is 0.500. The fourth-order valence-electron chi connectivity index (χ4n) is 3.25. The van der Waals surface area contributed by atoms with Gasteiger partial charge in [0, 0.05) is 36.8 Å². The number of benzene rings is 1. The molecule has 1 amide bonds. The van der Waals surface area contributed by atoms with Gasteiger partial charge in [0.25, 0.3) is 5.69 Å². The molecule has 2 unspecified atom stereocenters. The number of carbonyl (C=O) groups is 1. The van der Waals surface area contributed by atoms with Crippen molar-refractivity contribution in [2.24, 2.45) is 5.73 Å². The van der Waals surface area contributed by atoms with Crippen LogP contribution in [0.5, 0.6) is 0 Å². The van der Waals surface area contributed by atoms with Crippen molar-refractivity contribution in [2.75, 3.05) is 18.0 Å². The van der Waals surface area contributed by atoms with E-state index in [1.165, 1.54) is 12.5 Å². The Morgan fingerprint density at radius 1 is 1.33 bits per heavy atom. The number of nitrogens with two attached hydrogens (primary N) is 1. The number of rotatable bonds is 3. The van der Waals surface area contributed by atoms with Gasteiger partial charge in [0.2, 0.25) is 5.91 Å². The van der Waals surface area contributed by atoms with Crippen molar-refractivity contribution in [1.29, 1.82) is 0 Å². The van der Waals surface area contributed by atoms with E-state index in [2.05, 4.69) is 5.32 Å². The standard InChI is InChI=1S/C14H18N4O3/c15-14(19)9-1-4-12(13(7-9)18(20)21)17-6-5-10-2-3-11(8-17)16-10/h1,4,7,10-11,16H,2-3,5-6,8H2,(H2,15,19). The van der Waals surface area contributed by atoms with E-state index in [-0.39, 0.29) is 11.3 Å². The second kappa shape index (κ2) is 5.33. The minimum absolute atomic E-state index is 0.0518. The third kappa shape index (κ3) is 2.69. The molecule has 0 aliphatic carbocycles. The van der Waals surface area contributed by atoms with Crippen LogP contribution in [0.25, 0.3) is 0 Å². The van der Waals surface area contributed by atoms with Crippen LogP contribution in [0, 0.1) is 10.1 Å². The summed E-state index contributed by atoms with van der Waals surface area (Å²) in [6.45, 7) is 1.54. The monoisotopic (exact) mass is 290 g/mol.